The first-order valence-electron chi connectivity index (χ1n) is 6.73. The minimum Gasteiger partial charge on any atom is -0.493 e. The van der Waals surface area contributed by atoms with Gasteiger partial charge in [0.25, 0.3) is 0 Å². The first-order chi connectivity index (χ1) is 10.2. The maximum atomic E-state index is 13.9. The van der Waals surface area contributed by atoms with Crippen LogP contribution in [-0.4, -0.2) is 6.61 Å². The number of nitrogens with zero attached hydrogens (tertiary/aromatic N) is 1. The van der Waals surface area contributed by atoms with Gasteiger partial charge in [-0.25, -0.2) is 8.78 Å². The summed E-state index contributed by atoms with van der Waals surface area (Å²) in [5, 5.41) is 9.68. The van der Waals surface area contributed by atoms with Crippen molar-refractivity contribution in [1.29, 1.82) is 5.26 Å². The zero-order valence-electron chi connectivity index (χ0n) is 11.3. The molecule has 0 fully saturated rings. The highest BCUT2D eigenvalue weighted by atomic mass is 19.1. The van der Waals surface area contributed by atoms with Crippen molar-refractivity contribution in [2.45, 2.75) is 18.3 Å². The molecule has 0 aliphatic carbocycles. The third-order valence-corrected chi connectivity index (χ3v) is 3.94. The van der Waals surface area contributed by atoms with E-state index in [1.807, 2.05) is 6.07 Å². The predicted octanol–water partition coefficient (Wildman–Crippen LogP) is 3.75. The Morgan fingerprint density at radius 1 is 1.10 bits per heavy atom. The van der Waals surface area contributed by atoms with Crippen LogP contribution < -0.4 is 4.74 Å². The van der Waals surface area contributed by atoms with Crippen LogP contribution >= 0.6 is 0 Å². The highest BCUT2D eigenvalue weighted by Crippen LogP contribution is 2.41. The average molecular weight is 285 g/mol. The van der Waals surface area contributed by atoms with E-state index >= 15 is 0 Å². The molecule has 1 heterocycles. The number of ether oxygens (including phenoxy) is 1. The van der Waals surface area contributed by atoms with Gasteiger partial charge in [-0.05, 0) is 18.2 Å². The molecule has 0 saturated carbocycles. The van der Waals surface area contributed by atoms with Crippen molar-refractivity contribution in [3.05, 3.63) is 65.2 Å². The smallest absolute Gasteiger partial charge is 0.129 e. The Bertz CT molecular complexity index is 703. The standard InChI is InChI=1S/C17H13F2NO/c18-14-5-3-6-15(19)12(14)10-17(11-20)8-9-21-16-7-2-1-4-13(16)17/h1-7H,8-10H2. The molecule has 0 radical (unpaired) electrons. The van der Waals surface area contributed by atoms with E-state index in [-0.39, 0.29) is 12.0 Å². The molecule has 0 N–H and O–H groups in total. The summed E-state index contributed by atoms with van der Waals surface area (Å²) in [6.07, 6.45) is 0.413. The molecule has 106 valence electrons. The van der Waals surface area contributed by atoms with Crippen molar-refractivity contribution in [2.75, 3.05) is 6.61 Å². The highest BCUT2D eigenvalue weighted by molar-refractivity contribution is 5.47. The summed E-state index contributed by atoms with van der Waals surface area (Å²) in [5.74, 6) is -0.621. The van der Waals surface area contributed by atoms with E-state index < -0.39 is 17.0 Å². The molecule has 0 amide bonds. The number of rotatable bonds is 2. The van der Waals surface area contributed by atoms with Crippen LogP contribution in [0.3, 0.4) is 0 Å². The summed E-state index contributed by atoms with van der Waals surface area (Å²) in [7, 11) is 0. The van der Waals surface area contributed by atoms with Crippen molar-refractivity contribution in [2.24, 2.45) is 0 Å². The van der Waals surface area contributed by atoms with Crippen LogP contribution in [-0.2, 0) is 11.8 Å². The minimum atomic E-state index is -0.960. The molecule has 1 aliphatic rings. The molecule has 0 saturated heterocycles. The first-order valence-corrected chi connectivity index (χ1v) is 6.73. The summed E-state index contributed by atoms with van der Waals surface area (Å²) >= 11 is 0. The molecule has 1 aliphatic heterocycles. The van der Waals surface area contributed by atoms with Crippen molar-refractivity contribution < 1.29 is 13.5 Å². The molecular formula is C17H13F2NO. The maximum absolute atomic E-state index is 13.9. The third kappa shape index (κ3) is 2.25. The van der Waals surface area contributed by atoms with Crippen molar-refractivity contribution >= 4 is 0 Å². The number of hydrogen-bond donors (Lipinski definition) is 0. The van der Waals surface area contributed by atoms with Gasteiger partial charge >= 0.3 is 0 Å². The van der Waals surface area contributed by atoms with Crippen LogP contribution in [0.1, 0.15) is 17.5 Å². The summed E-state index contributed by atoms with van der Waals surface area (Å²) in [6.45, 7) is 0.362. The molecule has 2 aromatic carbocycles. The van der Waals surface area contributed by atoms with Crippen LogP contribution in [0, 0.1) is 23.0 Å². The molecule has 1 atom stereocenters. The Morgan fingerprint density at radius 2 is 1.81 bits per heavy atom. The lowest BCUT2D eigenvalue weighted by molar-refractivity contribution is 0.239. The van der Waals surface area contributed by atoms with Crippen LogP contribution in [0.2, 0.25) is 0 Å². The van der Waals surface area contributed by atoms with E-state index in [4.69, 9.17) is 4.74 Å². The minimum absolute atomic E-state index is 0.00236. The van der Waals surface area contributed by atoms with Gasteiger partial charge in [-0.15, -0.1) is 0 Å². The van der Waals surface area contributed by atoms with Gasteiger partial charge in [0.1, 0.15) is 17.4 Å². The fourth-order valence-corrected chi connectivity index (χ4v) is 2.80. The Hall–Kier alpha value is -2.41. The summed E-state index contributed by atoms with van der Waals surface area (Å²) in [4.78, 5) is 0. The third-order valence-electron chi connectivity index (χ3n) is 3.94. The summed E-state index contributed by atoms with van der Waals surface area (Å²) in [5.41, 5.74) is -0.310. The normalized spacial score (nSPS) is 20.2. The van der Waals surface area contributed by atoms with E-state index in [0.29, 0.717) is 24.3 Å². The molecule has 0 aromatic heterocycles. The number of fused-ring (bicyclic) bond motifs is 1. The molecule has 4 heteroatoms. The Balaban J connectivity index is 2.10. The fraction of sp³-hybridized carbons (Fsp3) is 0.235. The van der Waals surface area contributed by atoms with E-state index in [2.05, 4.69) is 6.07 Å². The van der Waals surface area contributed by atoms with Crippen molar-refractivity contribution in [3.8, 4) is 11.8 Å². The quantitative estimate of drug-likeness (QED) is 0.842. The highest BCUT2D eigenvalue weighted by Gasteiger charge is 2.39. The molecule has 0 bridgehead atoms. The zero-order chi connectivity index (χ0) is 14.9. The summed E-state index contributed by atoms with van der Waals surface area (Å²) < 4.78 is 33.4. The zero-order valence-corrected chi connectivity index (χ0v) is 11.3. The molecular weight excluding hydrogens is 272 g/mol. The van der Waals surface area contributed by atoms with Gasteiger partial charge in [-0.1, -0.05) is 24.3 Å². The Labute approximate surface area is 121 Å². The van der Waals surface area contributed by atoms with E-state index in [1.54, 1.807) is 18.2 Å². The largest absolute Gasteiger partial charge is 0.493 e. The van der Waals surface area contributed by atoms with Crippen LogP contribution in [0.5, 0.6) is 5.75 Å². The van der Waals surface area contributed by atoms with Gasteiger partial charge in [0, 0.05) is 24.0 Å². The number of para-hydroxylation sites is 1. The van der Waals surface area contributed by atoms with Gasteiger partial charge in [0.15, 0.2) is 0 Å². The Morgan fingerprint density at radius 3 is 2.52 bits per heavy atom. The lowest BCUT2D eigenvalue weighted by atomic mass is 9.73. The lowest BCUT2D eigenvalue weighted by Crippen LogP contribution is -2.34. The SMILES string of the molecule is N#CC1(Cc2c(F)cccc2F)CCOc2ccccc21. The first kappa shape index (κ1) is 13.6. The van der Waals surface area contributed by atoms with Gasteiger partial charge in [-0.3, -0.25) is 0 Å². The van der Waals surface area contributed by atoms with E-state index in [9.17, 15) is 14.0 Å². The molecule has 2 aromatic rings. The number of nitriles is 1. The monoisotopic (exact) mass is 285 g/mol. The molecule has 3 rings (SSSR count). The topological polar surface area (TPSA) is 33.0 Å². The van der Waals surface area contributed by atoms with Crippen LogP contribution in [0.25, 0.3) is 0 Å². The number of halogens is 2. The number of hydrogen-bond acceptors (Lipinski definition) is 2. The van der Waals surface area contributed by atoms with Crippen LogP contribution in [0.15, 0.2) is 42.5 Å². The molecule has 2 nitrogen and oxygen atoms in total. The van der Waals surface area contributed by atoms with E-state index in [1.165, 1.54) is 18.2 Å². The molecule has 1 unspecified atom stereocenters. The van der Waals surface area contributed by atoms with Gasteiger partial charge in [0.2, 0.25) is 0 Å². The second kappa shape index (κ2) is 5.17. The second-order valence-electron chi connectivity index (χ2n) is 5.17. The fourth-order valence-electron chi connectivity index (χ4n) is 2.80. The Kier molecular flexibility index (Phi) is 3.34. The summed E-state index contributed by atoms with van der Waals surface area (Å²) in [6, 6.07) is 13.2. The van der Waals surface area contributed by atoms with Crippen molar-refractivity contribution in [1.82, 2.24) is 0 Å². The van der Waals surface area contributed by atoms with Gasteiger partial charge in [-0.2, -0.15) is 5.26 Å². The number of benzene rings is 2. The van der Waals surface area contributed by atoms with E-state index in [0.717, 1.165) is 0 Å². The maximum Gasteiger partial charge on any atom is 0.129 e. The van der Waals surface area contributed by atoms with Gasteiger partial charge < -0.3 is 4.74 Å². The molecule has 21 heavy (non-hydrogen) atoms. The molecule has 0 spiro atoms. The van der Waals surface area contributed by atoms with Crippen LogP contribution in [0.4, 0.5) is 8.78 Å². The van der Waals surface area contributed by atoms with Crippen molar-refractivity contribution in [3.63, 3.8) is 0 Å². The van der Waals surface area contributed by atoms with Gasteiger partial charge in [0.05, 0.1) is 18.1 Å². The average Bonchev–Trinajstić information content (AvgIpc) is 2.51. The predicted molar refractivity (Wildman–Crippen MR) is 73.9 cm³/mol. The lowest BCUT2D eigenvalue weighted by Gasteiger charge is -2.33. The second-order valence-corrected chi connectivity index (χ2v) is 5.17.